The molecular weight excluding hydrogens is 298 g/mol. The molecule has 0 saturated heterocycles. The van der Waals surface area contributed by atoms with Crippen LogP contribution < -0.4 is 16.4 Å². The van der Waals surface area contributed by atoms with Gasteiger partial charge in [-0.15, -0.1) is 0 Å². The van der Waals surface area contributed by atoms with Crippen molar-refractivity contribution in [3.05, 3.63) is 11.7 Å². The Kier molecular flexibility index (Phi) is 6.85. The summed E-state index contributed by atoms with van der Waals surface area (Å²) in [6.45, 7) is -0.283. The largest absolute Gasteiger partial charge is 0.394 e. The van der Waals surface area contributed by atoms with E-state index in [1.165, 1.54) is 6.92 Å². The van der Waals surface area contributed by atoms with Crippen molar-refractivity contribution in [3.63, 3.8) is 0 Å². The van der Waals surface area contributed by atoms with Crippen LogP contribution in [0, 0.1) is 0 Å². The predicted octanol–water partition coefficient (Wildman–Crippen LogP) is -2.66. The topological polar surface area (TPSA) is 184 Å². The summed E-state index contributed by atoms with van der Waals surface area (Å²) in [5.41, 5.74) is 5.51. The number of aromatic nitrogens is 2. The fraction of sp³-hybridized carbons (Fsp3) is 0.636. The Balaban J connectivity index is 2.70. The number of amides is 2. The van der Waals surface area contributed by atoms with Gasteiger partial charge in [0.05, 0.1) is 25.9 Å². The maximum Gasteiger partial charge on any atom is 0.316 e. The van der Waals surface area contributed by atoms with Crippen LogP contribution in [0.2, 0.25) is 0 Å². The Labute approximate surface area is 125 Å². The van der Waals surface area contributed by atoms with E-state index < -0.39 is 49.8 Å². The van der Waals surface area contributed by atoms with Crippen LogP contribution in [0.1, 0.15) is 30.7 Å². The summed E-state index contributed by atoms with van der Waals surface area (Å²) in [7, 11) is 0. The van der Waals surface area contributed by atoms with E-state index in [1.807, 2.05) is 0 Å². The molecule has 0 spiro atoms. The van der Waals surface area contributed by atoms with Gasteiger partial charge in [0.2, 0.25) is 0 Å². The Bertz CT molecular complexity index is 507. The molecular formula is C11H19N5O6. The van der Waals surface area contributed by atoms with Crippen LogP contribution in [0.4, 0.5) is 4.79 Å². The second-order valence-electron chi connectivity index (χ2n) is 4.48. The monoisotopic (exact) mass is 317 g/mol. The Hall–Kier alpha value is -2.08. The molecule has 7 N–H and O–H groups in total. The molecule has 1 aromatic rings. The lowest BCUT2D eigenvalue weighted by Crippen LogP contribution is -2.48. The summed E-state index contributed by atoms with van der Waals surface area (Å²) >= 11 is 0. The number of hydrogen-bond donors (Lipinski definition) is 6. The summed E-state index contributed by atoms with van der Waals surface area (Å²) in [4.78, 5) is 26.7. The minimum absolute atomic E-state index is 0.0233. The number of nitrogens with two attached hydrogens (primary N) is 1. The highest BCUT2D eigenvalue weighted by Gasteiger charge is 2.24. The molecule has 1 rings (SSSR count). The smallest absolute Gasteiger partial charge is 0.316 e. The van der Waals surface area contributed by atoms with Gasteiger partial charge in [-0.25, -0.2) is 4.79 Å². The Morgan fingerprint density at radius 2 is 1.91 bits per heavy atom. The van der Waals surface area contributed by atoms with Crippen LogP contribution >= 0.6 is 0 Å². The summed E-state index contributed by atoms with van der Waals surface area (Å²) in [6, 6.07) is -3.74. The van der Waals surface area contributed by atoms with Crippen molar-refractivity contribution < 1.29 is 29.4 Å². The van der Waals surface area contributed by atoms with Crippen molar-refractivity contribution in [2.24, 2.45) is 5.73 Å². The first kappa shape index (κ1) is 18.0. The van der Waals surface area contributed by atoms with Crippen LogP contribution in [0.5, 0.6) is 0 Å². The first-order chi connectivity index (χ1) is 10.4. The molecule has 0 aromatic carbocycles. The van der Waals surface area contributed by atoms with Crippen LogP contribution in [0.25, 0.3) is 0 Å². The standard InChI is InChI=1S/C11H19N5O6/c1-5(20)7(3-18)13-11(21)14-8(4-19)10-15-9(16-22-10)6(12)2-17/h6-8,17-19H,2-4,12H2,1H3,(H2,13,14,21)/t6-,7-,8-/m0/s1. The number of carbonyl (C=O) groups excluding carboxylic acids is 2. The number of ketones is 1. The molecule has 0 aliphatic rings. The fourth-order valence-electron chi connectivity index (χ4n) is 1.44. The molecule has 11 nitrogen and oxygen atoms in total. The van der Waals surface area contributed by atoms with E-state index in [0.29, 0.717) is 0 Å². The van der Waals surface area contributed by atoms with E-state index in [-0.39, 0.29) is 11.7 Å². The first-order valence-electron chi connectivity index (χ1n) is 6.42. The maximum absolute atomic E-state index is 11.7. The summed E-state index contributed by atoms with van der Waals surface area (Å²) in [6.07, 6.45) is 0. The number of rotatable bonds is 8. The molecule has 0 saturated carbocycles. The Morgan fingerprint density at radius 1 is 1.23 bits per heavy atom. The lowest BCUT2D eigenvalue weighted by Gasteiger charge is -2.16. The second-order valence-corrected chi connectivity index (χ2v) is 4.48. The minimum Gasteiger partial charge on any atom is -0.394 e. The first-order valence-corrected chi connectivity index (χ1v) is 6.42. The molecule has 0 fully saturated rings. The molecule has 0 radical (unpaired) electrons. The second kappa shape index (κ2) is 8.38. The van der Waals surface area contributed by atoms with E-state index in [9.17, 15) is 14.7 Å². The van der Waals surface area contributed by atoms with Crippen molar-refractivity contribution >= 4 is 11.8 Å². The third-order valence-corrected chi connectivity index (χ3v) is 2.75. The van der Waals surface area contributed by atoms with Crippen molar-refractivity contribution in [1.29, 1.82) is 0 Å². The number of Topliss-reactive ketones (excluding diaryl/α,β-unsaturated/α-hetero) is 1. The molecule has 11 heteroatoms. The lowest BCUT2D eigenvalue weighted by molar-refractivity contribution is -0.119. The zero-order valence-corrected chi connectivity index (χ0v) is 11.9. The molecule has 22 heavy (non-hydrogen) atoms. The van der Waals surface area contributed by atoms with E-state index >= 15 is 0 Å². The quantitative estimate of drug-likeness (QED) is 0.298. The normalized spacial score (nSPS) is 15.0. The highest BCUT2D eigenvalue weighted by molar-refractivity contribution is 5.87. The third-order valence-electron chi connectivity index (χ3n) is 2.75. The SMILES string of the molecule is CC(=O)[C@H](CO)NC(=O)N[C@@H](CO)c1nc([C@@H](N)CO)no1. The van der Waals surface area contributed by atoms with Crippen LogP contribution in [0.3, 0.4) is 0 Å². The van der Waals surface area contributed by atoms with Gasteiger partial charge in [0.25, 0.3) is 5.89 Å². The number of carbonyl (C=O) groups is 2. The highest BCUT2D eigenvalue weighted by atomic mass is 16.5. The molecule has 1 heterocycles. The van der Waals surface area contributed by atoms with E-state index in [1.54, 1.807) is 0 Å². The predicted molar refractivity (Wildman–Crippen MR) is 71.4 cm³/mol. The van der Waals surface area contributed by atoms with Crippen LogP contribution in [0.15, 0.2) is 4.52 Å². The van der Waals surface area contributed by atoms with Gasteiger partial charge in [-0.05, 0) is 6.92 Å². The number of aliphatic hydroxyl groups excluding tert-OH is 3. The van der Waals surface area contributed by atoms with Gasteiger partial charge < -0.3 is 36.2 Å². The summed E-state index contributed by atoms with van der Waals surface area (Å²) in [5, 5.41) is 35.2. The van der Waals surface area contributed by atoms with Crippen molar-refractivity contribution in [2.45, 2.75) is 25.0 Å². The van der Waals surface area contributed by atoms with Gasteiger partial charge in [0.1, 0.15) is 12.1 Å². The highest BCUT2D eigenvalue weighted by Crippen LogP contribution is 2.12. The van der Waals surface area contributed by atoms with Crippen LogP contribution in [-0.4, -0.2) is 63.1 Å². The molecule has 0 unspecified atom stereocenters. The number of nitrogens with zero attached hydrogens (tertiary/aromatic N) is 2. The summed E-state index contributed by atoms with van der Waals surface area (Å²) in [5.74, 6) is -0.512. The maximum atomic E-state index is 11.7. The van der Waals surface area contributed by atoms with Crippen LogP contribution in [-0.2, 0) is 4.79 Å². The average Bonchev–Trinajstić information content (AvgIpc) is 2.98. The third kappa shape index (κ3) is 4.73. The lowest BCUT2D eigenvalue weighted by atomic mass is 10.2. The molecule has 3 atom stereocenters. The Morgan fingerprint density at radius 3 is 2.41 bits per heavy atom. The fourth-order valence-corrected chi connectivity index (χ4v) is 1.44. The number of nitrogens with one attached hydrogen (secondary N) is 2. The van der Waals surface area contributed by atoms with Gasteiger partial charge in [-0.2, -0.15) is 4.98 Å². The molecule has 124 valence electrons. The zero-order valence-electron chi connectivity index (χ0n) is 11.9. The van der Waals surface area contributed by atoms with Crippen molar-refractivity contribution in [2.75, 3.05) is 19.8 Å². The van der Waals surface area contributed by atoms with Gasteiger partial charge in [0.15, 0.2) is 11.6 Å². The summed E-state index contributed by atoms with van der Waals surface area (Å²) < 4.78 is 4.85. The zero-order chi connectivity index (χ0) is 16.7. The molecule has 0 bridgehead atoms. The van der Waals surface area contributed by atoms with Crippen molar-refractivity contribution in [3.8, 4) is 0 Å². The number of aliphatic hydroxyl groups is 3. The van der Waals surface area contributed by atoms with Gasteiger partial charge in [-0.3, -0.25) is 4.79 Å². The number of urea groups is 1. The average molecular weight is 317 g/mol. The van der Waals surface area contributed by atoms with Crippen molar-refractivity contribution in [1.82, 2.24) is 20.8 Å². The van der Waals surface area contributed by atoms with Gasteiger partial charge >= 0.3 is 6.03 Å². The molecule has 1 aromatic heterocycles. The number of hydrogen-bond acceptors (Lipinski definition) is 9. The minimum atomic E-state index is -1.06. The van der Waals surface area contributed by atoms with Gasteiger partial charge in [0, 0.05) is 0 Å². The molecule has 0 aliphatic carbocycles. The van der Waals surface area contributed by atoms with E-state index in [4.69, 9.17) is 20.5 Å². The molecule has 0 aliphatic heterocycles. The van der Waals surface area contributed by atoms with E-state index in [0.717, 1.165) is 0 Å². The van der Waals surface area contributed by atoms with E-state index in [2.05, 4.69) is 20.8 Å². The molecule has 2 amide bonds. The van der Waals surface area contributed by atoms with Gasteiger partial charge in [-0.1, -0.05) is 5.16 Å².